The van der Waals surface area contributed by atoms with E-state index in [2.05, 4.69) is 54.0 Å². The molecule has 0 unspecified atom stereocenters. The molecule has 0 saturated heterocycles. The van der Waals surface area contributed by atoms with Crippen molar-refractivity contribution < 1.29 is 0 Å². The predicted octanol–water partition coefficient (Wildman–Crippen LogP) is 3.82. The second-order valence-electron chi connectivity index (χ2n) is 6.23. The highest BCUT2D eigenvalue weighted by atomic mass is 15.1. The first-order chi connectivity index (χ1) is 12.2. The van der Waals surface area contributed by atoms with Crippen molar-refractivity contribution in [3.63, 3.8) is 0 Å². The van der Waals surface area contributed by atoms with Crippen LogP contribution in [-0.4, -0.2) is 29.7 Å². The molecule has 0 radical (unpaired) electrons. The summed E-state index contributed by atoms with van der Waals surface area (Å²) < 4.78 is 2.09. The second-order valence-corrected chi connectivity index (χ2v) is 6.23. The number of H-pyrrole nitrogens is 2. The Morgan fingerprint density at radius 3 is 2.76 bits per heavy atom. The van der Waals surface area contributed by atoms with Gasteiger partial charge in [-0.25, -0.2) is 4.98 Å². The van der Waals surface area contributed by atoms with Crippen molar-refractivity contribution in [2.75, 3.05) is 0 Å². The average Bonchev–Trinajstić information content (AvgIpc) is 3.31. The lowest BCUT2D eigenvalue weighted by molar-refractivity contribution is 0.865. The van der Waals surface area contributed by atoms with E-state index in [1.807, 2.05) is 32.4 Å². The van der Waals surface area contributed by atoms with Crippen LogP contribution in [0.5, 0.6) is 0 Å². The van der Waals surface area contributed by atoms with Crippen LogP contribution in [0.15, 0.2) is 48.9 Å². The van der Waals surface area contributed by atoms with Gasteiger partial charge in [0.05, 0.1) is 23.1 Å². The summed E-state index contributed by atoms with van der Waals surface area (Å²) in [5, 5.41) is 9.80. The van der Waals surface area contributed by atoms with E-state index < -0.39 is 0 Å². The Morgan fingerprint density at radius 2 is 1.96 bits per heavy atom. The molecule has 0 aliphatic carbocycles. The minimum Gasteiger partial charge on any atom is -0.353 e. The van der Waals surface area contributed by atoms with Crippen LogP contribution in [0.3, 0.4) is 0 Å². The van der Waals surface area contributed by atoms with Gasteiger partial charge in [0.1, 0.15) is 11.5 Å². The molecule has 1 aromatic carbocycles. The third kappa shape index (κ3) is 2.07. The molecule has 0 spiro atoms. The van der Waals surface area contributed by atoms with E-state index in [4.69, 9.17) is 0 Å². The van der Waals surface area contributed by atoms with Crippen LogP contribution in [0.4, 0.5) is 0 Å². The molecule has 5 aromatic rings. The lowest BCUT2D eigenvalue weighted by Crippen LogP contribution is -1.94. The molecule has 5 rings (SSSR count). The number of imidazole rings is 1. The van der Waals surface area contributed by atoms with Crippen LogP contribution in [0.25, 0.3) is 44.5 Å². The van der Waals surface area contributed by atoms with Crippen molar-refractivity contribution in [2.24, 2.45) is 7.05 Å². The van der Waals surface area contributed by atoms with Crippen molar-refractivity contribution in [2.45, 2.75) is 6.92 Å². The number of fused-ring (bicyclic) bond motifs is 2. The van der Waals surface area contributed by atoms with Crippen molar-refractivity contribution in [3.8, 4) is 22.6 Å². The van der Waals surface area contributed by atoms with Gasteiger partial charge in [0.15, 0.2) is 0 Å². The molecule has 6 nitrogen and oxygen atoms in total. The maximum atomic E-state index is 4.52. The molecule has 4 heterocycles. The topological polar surface area (TPSA) is 75.2 Å². The Hall–Kier alpha value is -3.41. The van der Waals surface area contributed by atoms with E-state index in [1.54, 1.807) is 6.20 Å². The molecule has 0 saturated carbocycles. The summed E-state index contributed by atoms with van der Waals surface area (Å²) >= 11 is 0. The van der Waals surface area contributed by atoms with Crippen LogP contribution in [0.2, 0.25) is 0 Å². The Kier molecular flexibility index (Phi) is 2.82. The Bertz CT molecular complexity index is 1190. The summed E-state index contributed by atoms with van der Waals surface area (Å²) in [7, 11) is 2.03. The summed E-state index contributed by atoms with van der Waals surface area (Å²) in [5.41, 5.74) is 6.16. The minimum atomic E-state index is 0.909. The highest BCUT2D eigenvalue weighted by Crippen LogP contribution is 2.31. The first-order valence-electron chi connectivity index (χ1n) is 8.10. The molecular formula is C19H16N6. The predicted molar refractivity (Wildman–Crippen MR) is 98.1 cm³/mol. The lowest BCUT2D eigenvalue weighted by atomic mass is 10.1. The number of aromatic nitrogens is 6. The van der Waals surface area contributed by atoms with Crippen LogP contribution in [0, 0.1) is 6.92 Å². The molecule has 2 N–H and O–H groups in total. The standard InChI is InChI=1S/C19H16N6/c1-11-21-10-18(25(11)2)12-3-4-16-14(7-12)19(24-23-16)17-8-13-9-20-6-5-15(13)22-17/h3-10,22H,1-2H3,(H,23,24). The molecule has 6 heteroatoms. The highest BCUT2D eigenvalue weighted by molar-refractivity contribution is 5.97. The Labute approximate surface area is 143 Å². The van der Waals surface area contributed by atoms with Gasteiger partial charge >= 0.3 is 0 Å². The molecule has 4 aromatic heterocycles. The van der Waals surface area contributed by atoms with Gasteiger partial charge in [-0.2, -0.15) is 5.10 Å². The van der Waals surface area contributed by atoms with E-state index in [0.29, 0.717) is 0 Å². The van der Waals surface area contributed by atoms with Crippen molar-refractivity contribution in [3.05, 3.63) is 54.7 Å². The van der Waals surface area contributed by atoms with Crippen molar-refractivity contribution >= 4 is 21.8 Å². The zero-order valence-corrected chi connectivity index (χ0v) is 13.9. The zero-order chi connectivity index (χ0) is 17.0. The maximum Gasteiger partial charge on any atom is 0.116 e. The van der Waals surface area contributed by atoms with Gasteiger partial charge < -0.3 is 9.55 Å². The number of pyridine rings is 1. The van der Waals surface area contributed by atoms with Gasteiger partial charge in [0.2, 0.25) is 0 Å². The Balaban J connectivity index is 1.71. The van der Waals surface area contributed by atoms with E-state index in [-0.39, 0.29) is 0 Å². The van der Waals surface area contributed by atoms with Gasteiger partial charge in [0, 0.05) is 41.3 Å². The van der Waals surface area contributed by atoms with Gasteiger partial charge in [-0.05, 0) is 31.2 Å². The molecule has 0 atom stereocenters. The molecular weight excluding hydrogens is 312 g/mol. The summed E-state index contributed by atoms with van der Waals surface area (Å²) in [6.07, 6.45) is 5.55. The van der Waals surface area contributed by atoms with Crippen LogP contribution < -0.4 is 0 Å². The first kappa shape index (κ1) is 14.0. The normalized spacial score (nSPS) is 11.6. The number of hydrogen-bond acceptors (Lipinski definition) is 3. The molecule has 0 amide bonds. The van der Waals surface area contributed by atoms with Crippen LogP contribution >= 0.6 is 0 Å². The lowest BCUT2D eigenvalue weighted by Gasteiger charge is -2.04. The fraction of sp³-hybridized carbons (Fsp3) is 0.105. The first-order valence-corrected chi connectivity index (χ1v) is 8.10. The van der Waals surface area contributed by atoms with E-state index in [1.165, 1.54) is 0 Å². The third-order valence-electron chi connectivity index (χ3n) is 4.76. The summed E-state index contributed by atoms with van der Waals surface area (Å²) in [4.78, 5) is 12.0. The summed E-state index contributed by atoms with van der Waals surface area (Å²) in [5.74, 6) is 0.991. The highest BCUT2D eigenvalue weighted by Gasteiger charge is 2.13. The SMILES string of the molecule is Cc1ncc(-c2ccc3[nH]nc(-c4cc5cnccc5[nH]4)c3c2)n1C. The average molecular weight is 328 g/mol. The van der Waals surface area contributed by atoms with E-state index in [0.717, 1.165) is 50.3 Å². The van der Waals surface area contributed by atoms with E-state index >= 15 is 0 Å². The molecule has 122 valence electrons. The molecule has 0 fully saturated rings. The minimum absolute atomic E-state index is 0.909. The van der Waals surface area contributed by atoms with Gasteiger partial charge in [-0.3, -0.25) is 10.1 Å². The van der Waals surface area contributed by atoms with Crippen molar-refractivity contribution in [1.29, 1.82) is 0 Å². The number of hydrogen-bond donors (Lipinski definition) is 2. The monoisotopic (exact) mass is 328 g/mol. The fourth-order valence-corrected chi connectivity index (χ4v) is 3.25. The van der Waals surface area contributed by atoms with Crippen LogP contribution in [0.1, 0.15) is 5.82 Å². The second kappa shape index (κ2) is 5.04. The number of aryl methyl sites for hydroxylation is 1. The largest absolute Gasteiger partial charge is 0.353 e. The maximum absolute atomic E-state index is 4.52. The number of nitrogens with zero attached hydrogens (tertiary/aromatic N) is 4. The van der Waals surface area contributed by atoms with Gasteiger partial charge in [-0.15, -0.1) is 0 Å². The third-order valence-corrected chi connectivity index (χ3v) is 4.76. The quantitative estimate of drug-likeness (QED) is 0.517. The smallest absolute Gasteiger partial charge is 0.116 e. The molecule has 0 aliphatic heterocycles. The van der Waals surface area contributed by atoms with Gasteiger partial charge in [0.25, 0.3) is 0 Å². The summed E-state index contributed by atoms with van der Waals surface area (Å²) in [6, 6.07) is 10.4. The zero-order valence-electron chi connectivity index (χ0n) is 13.9. The fourth-order valence-electron chi connectivity index (χ4n) is 3.25. The number of rotatable bonds is 2. The molecule has 0 bridgehead atoms. The summed E-state index contributed by atoms with van der Waals surface area (Å²) in [6.45, 7) is 2.00. The van der Waals surface area contributed by atoms with E-state index in [9.17, 15) is 0 Å². The number of aromatic amines is 2. The van der Waals surface area contributed by atoms with Gasteiger partial charge in [-0.1, -0.05) is 6.07 Å². The number of benzene rings is 1. The molecule has 25 heavy (non-hydrogen) atoms. The molecule has 0 aliphatic rings. The van der Waals surface area contributed by atoms with Crippen molar-refractivity contribution in [1.82, 2.24) is 29.7 Å². The number of nitrogens with one attached hydrogen (secondary N) is 2. The van der Waals surface area contributed by atoms with Crippen LogP contribution in [-0.2, 0) is 7.05 Å². The Morgan fingerprint density at radius 1 is 1.04 bits per heavy atom.